The monoisotopic (exact) mass is 301 g/mol. The Kier molecular flexibility index (Phi) is 6.13. The van der Waals surface area contributed by atoms with Gasteiger partial charge in [-0.1, -0.05) is 0 Å². The number of ether oxygens (including phenoxy) is 3. The molecule has 21 heavy (non-hydrogen) atoms. The lowest BCUT2D eigenvalue weighted by molar-refractivity contribution is -0.162. The van der Waals surface area contributed by atoms with E-state index in [0.717, 1.165) is 0 Å². The van der Waals surface area contributed by atoms with Gasteiger partial charge in [0.1, 0.15) is 12.5 Å². The number of amides is 1. The van der Waals surface area contributed by atoms with Gasteiger partial charge in [0.25, 0.3) is 0 Å². The molecule has 1 rings (SSSR count). The van der Waals surface area contributed by atoms with Crippen LogP contribution in [-0.4, -0.2) is 62.6 Å². The van der Waals surface area contributed by atoms with E-state index in [9.17, 15) is 19.2 Å². The molecule has 0 saturated carbocycles. The number of methoxy groups -OCH3 is 3. The number of carbonyl (C=O) groups excluding carboxylic acids is 4. The fourth-order valence-corrected chi connectivity index (χ4v) is 2.28. The van der Waals surface area contributed by atoms with Crippen LogP contribution in [0.25, 0.3) is 0 Å². The Morgan fingerprint density at radius 3 is 2.10 bits per heavy atom. The third-order valence-corrected chi connectivity index (χ3v) is 3.43. The second kappa shape index (κ2) is 7.61. The van der Waals surface area contributed by atoms with E-state index in [2.05, 4.69) is 14.2 Å². The molecule has 8 nitrogen and oxygen atoms in total. The number of hydrogen-bond acceptors (Lipinski definition) is 7. The van der Waals surface area contributed by atoms with Crippen LogP contribution in [0.4, 0.5) is 0 Å². The number of nitrogens with zero attached hydrogens (tertiary/aromatic N) is 1. The highest BCUT2D eigenvalue weighted by Crippen LogP contribution is 2.24. The lowest BCUT2D eigenvalue weighted by Crippen LogP contribution is -2.52. The van der Waals surface area contributed by atoms with Crippen molar-refractivity contribution >= 4 is 23.8 Å². The van der Waals surface area contributed by atoms with Gasteiger partial charge >= 0.3 is 17.9 Å². The van der Waals surface area contributed by atoms with Crippen molar-refractivity contribution in [2.45, 2.75) is 25.3 Å². The van der Waals surface area contributed by atoms with E-state index < -0.39 is 42.2 Å². The smallest absolute Gasteiger partial charge is 0.328 e. The zero-order valence-electron chi connectivity index (χ0n) is 12.3. The topological polar surface area (TPSA) is 99.2 Å². The highest BCUT2D eigenvalue weighted by molar-refractivity contribution is 5.96. The van der Waals surface area contributed by atoms with Crippen LogP contribution < -0.4 is 0 Å². The first-order chi connectivity index (χ1) is 9.94. The second-order valence-electron chi connectivity index (χ2n) is 4.64. The number of likely N-dealkylation sites (tertiary alicyclic amines) is 1. The second-order valence-corrected chi connectivity index (χ2v) is 4.64. The molecule has 0 aliphatic carbocycles. The molecule has 2 unspecified atom stereocenters. The van der Waals surface area contributed by atoms with E-state index in [4.69, 9.17) is 0 Å². The van der Waals surface area contributed by atoms with Crippen molar-refractivity contribution in [1.82, 2.24) is 4.90 Å². The molecule has 1 aliphatic rings. The summed E-state index contributed by atoms with van der Waals surface area (Å²) in [6.07, 6.45) is 0.200. The molecule has 1 fully saturated rings. The van der Waals surface area contributed by atoms with Crippen molar-refractivity contribution in [2.75, 3.05) is 27.9 Å². The van der Waals surface area contributed by atoms with Crippen LogP contribution in [0, 0.1) is 5.92 Å². The summed E-state index contributed by atoms with van der Waals surface area (Å²) in [4.78, 5) is 47.8. The minimum absolute atomic E-state index is 0.0161. The summed E-state index contributed by atoms with van der Waals surface area (Å²) in [6.45, 7) is 0.0161. The van der Waals surface area contributed by atoms with Gasteiger partial charge in [0.2, 0.25) is 5.91 Å². The van der Waals surface area contributed by atoms with Gasteiger partial charge in [-0.15, -0.1) is 0 Å². The largest absolute Gasteiger partial charge is 0.469 e. The van der Waals surface area contributed by atoms with Crippen molar-refractivity contribution in [1.29, 1.82) is 0 Å². The zero-order valence-corrected chi connectivity index (χ0v) is 12.3. The summed E-state index contributed by atoms with van der Waals surface area (Å²) in [7, 11) is 3.65. The molecule has 0 bridgehead atoms. The Morgan fingerprint density at radius 2 is 1.57 bits per heavy atom. The van der Waals surface area contributed by atoms with Crippen LogP contribution in [0.1, 0.15) is 19.3 Å². The molecule has 0 aromatic carbocycles. The minimum Gasteiger partial charge on any atom is -0.469 e. The maximum Gasteiger partial charge on any atom is 0.328 e. The third kappa shape index (κ3) is 4.17. The number of esters is 3. The molecule has 1 saturated heterocycles. The first kappa shape index (κ1) is 16.9. The molecule has 8 heteroatoms. The Labute approximate surface area is 122 Å². The maximum atomic E-state index is 12.1. The fraction of sp³-hybridized carbons (Fsp3) is 0.692. The number of rotatable bonds is 4. The first-order valence-electron chi connectivity index (χ1n) is 6.46. The summed E-state index contributed by atoms with van der Waals surface area (Å²) in [5.41, 5.74) is 0. The molecule has 118 valence electrons. The van der Waals surface area contributed by atoms with Gasteiger partial charge in [-0.05, 0) is 12.8 Å². The summed E-state index contributed by atoms with van der Waals surface area (Å²) in [5, 5.41) is 0. The van der Waals surface area contributed by atoms with E-state index in [0.29, 0.717) is 6.42 Å². The van der Waals surface area contributed by atoms with E-state index in [1.54, 1.807) is 0 Å². The van der Waals surface area contributed by atoms with Gasteiger partial charge in [-0.3, -0.25) is 14.4 Å². The van der Waals surface area contributed by atoms with Gasteiger partial charge in [-0.25, -0.2) is 4.79 Å². The standard InChI is InChI=1S/C13H19NO7/c1-19-11(16)6-10(15)14-7-8(12(17)20-2)4-5-9(14)13(18)21-3/h8-9H,4-7H2,1-3H3. The zero-order chi connectivity index (χ0) is 16.0. The summed E-state index contributed by atoms with van der Waals surface area (Å²) in [5.74, 6) is -2.82. The van der Waals surface area contributed by atoms with Crippen molar-refractivity contribution < 1.29 is 33.4 Å². The molecule has 2 atom stereocenters. The third-order valence-electron chi connectivity index (χ3n) is 3.43. The molecule has 0 aromatic rings. The summed E-state index contributed by atoms with van der Waals surface area (Å²) >= 11 is 0. The molecule has 1 aliphatic heterocycles. The van der Waals surface area contributed by atoms with Crippen LogP contribution in [0.15, 0.2) is 0 Å². The summed E-state index contributed by atoms with van der Waals surface area (Å²) < 4.78 is 13.8. The van der Waals surface area contributed by atoms with Gasteiger partial charge in [-0.2, -0.15) is 0 Å². The van der Waals surface area contributed by atoms with Gasteiger partial charge < -0.3 is 19.1 Å². The van der Waals surface area contributed by atoms with Crippen LogP contribution in [-0.2, 0) is 33.4 Å². The number of carbonyl (C=O) groups is 4. The van der Waals surface area contributed by atoms with E-state index in [1.807, 2.05) is 0 Å². The van der Waals surface area contributed by atoms with Crippen LogP contribution in [0.3, 0.4) is 0 Å². The molecule has 1 amide bonds. The van der Waals surface area contributed by atoms with Crippen LogP contribution >= 0.6 is 0 Å². The molecule has 0 radical (unpaired) electrons. The highest BCUT2D eigenvalue weighted by atomic mass is 16.5. The number of hydrogen-bond donors (Lipinski definition) is 0. The lowest BCUT2D eigenvalue weighted by atomic mass is 9.92. The van der Waals surface area contributed by atoms with E-state index >= 15 is 0 Å². The Morgan fingerprint density at radius 1 is 0.952 bits per heavy atom. The van der Waals surface area contributed by atoms with E-state index in [1.165, 1.54) is 26.2 Å². The number of piperidine rings is 1. The maximum absolute atomic E-state index is 12.1. The molecule has 1 heterocycles. The molecular formula is C13H19NO7. The molecular weight excluding hydrogens is 282 g/mol. The van der Waals surface area contributed by atoms with Crippen molar-refractivity contribution in [3.8, 4) is 0 Å². The van der Waals surface area contributed by atoms with E-state index in [-0.39, 0.29) is 13.0 Å². The fourth-order valence-electron chi connectivity index (χ4n) is 2.28. The first-order valence-corrected chi connectivity index (χ1v) is 6.46. The van der Waals surface area contributed by atoms with Crippen molar-refractivity contribution in [3.63, 3.8) is 0 Å². The molecule has 0 spiro atoms. The van der Waals surface area contributed by atoms with Gasteiger partial charge in [0, 0.05) is 6.54 Å². The SMILES string of the molecule is COC(=O)CC(=O)N1CC(C(=O)OC)CCC1C(=O)OC. The van der Waals surface area contributed by atoms with Gasteiger partial charge in [0.15, 0.2) is 0 Å². The Balaban J connectivity index is 2.87. The normalized spacial score (nSPS) is 21.4. The quantitative estimate of drug-likeness (QED) is 0.392. The predicted molar refractivity (Wildman–Crippen MR) is 68.9 cm³/mol. The van der Waals surface area contributed by atoms with Crippen LogP contribution in [0.2, 0.25) is 0 Å². The summed E-state index contributed by atoms with van der Waals surface area (Å²) in [6, 6.07) is -0.798. The highest BCUT2D eigenvalue weighted by Gasteiger charge is 2.39. The Bertz CT molecular complexity index is 434. The minimum atomic E-state index is -0.798. The molecule has 0 N–H and O–H groups in total. The predicted octanol–water partition coefficient (Wildman–Crippen LogP) is -0.497. The molecule has 0 aromatic heterocycles. The van der Waals surface area contributed by atoms with Crippen molar-refractivity contribution in [3.05, 3.63) is 0 Å². The average molecular weight is 301 g/mol. The Hall–Kier alpha value is -2.12. The van der Waals surface area contributed by atoms with Gasteiger partial charge in [0.05, 0.1) is 27.2 Å². The van der Waals surface area contributed by atoms with Crippen molar-refractivity contribution in [2.24, 2.45) is 5.92 Å². The van der Waals surface area contributed by atoms with Crippen LogP contribution in [0.5, 0.6) is 0 Å². The average Bonchev–Trinajstić information content (AvgIpc) is 2.52. The lowest BCUT2D eigenvalue weighted by Gasteiger charge is -2.36.